The molecule has 0 atom stereocenters. The topological polar surface area (TPSA) is 81.4 Å². The molecule has 1 amide bonds. The number of ether oxygens (including phenoxy) is 1. The summed E-state index contributed by atoms with van der Waals surface area (Å²) in [6.07, 6.45) is 1.82. The van der Waals surface area contributed by atoms with E-state index in [0.29, 0.717) is 41.1 Å². The van der Waals surface area contributed by atoms with Crippen molar-refractivity contribution in [2.45, 2.75) is 27.7 Å². The van der Waals surface area contributed by atoms with Crippen molar-refractivity contribution in [3.8, 4) is 6.01 Å². The van der Waals surface area contributed by atoms with Crippen LogP contribution in [0.4, 0.5) is 5.69 Å². The van der Waals surface area contributed by atoms with Crippen molar-refractivity contribution in [2.75, 3.05) is 11.9 Å². The number of pyridine rings is 1. The standard InChI is InChI=1S/C17H19N5O2/c1-5-24-17-19-10(2)14(11(3)20-17)21-16(23)15-12(4)18-13-8-6-7-9-22(13)15/h6-9H,5H2,1-4H3,(H,21,23). The van der Waals surface area contributed by atoms with Gasteiger partial charge in [-0.1, -0.05) is 6.07 Å². The van der Waals surface area contributed by atoms with Crippen LogP contribution in [-0.4, -0.2) is 31.9 Å². The highest BCUT2D eigenvalue weighted by Gasteiger charge is 2.19. The minimum Gasteiger partial charge on any atom is -0.464 e. The van der Waals surface area contributed by atoms with Crippen molar-refractivity contribution in [3.63, 3.8) is 0 Å². The Morgan fingerprint density at radius 3 is 2.50 bits per heavy atom. The van der Waals surface area contributed by atoms with E-state index in [-0.39, 0.29) is 5.91 Å². The van der Waals surface area contributed by atoms with Crippen molar-refractivity contribution >= 4 is 17.2 Å². The van der Waals surface area contributed by atoms with E-state index < -0.39 is 0 Å². The number of hydrogen-bond donors (Lipinski definition) is 1. The number of imidazole rings is 1. The monoisotopic (exact) mass is 325 g/mol. The first kappa shape index (κ1) is 15.9. The van der Waals surface area contributed by atoms with Gasteiger partial charge in [0.25, 0.3) is 5.91 Å². The average molecular weight is 325 g/mol. The van der Waals surface area contributed by atoms with Crippen molar-refractivity contribution in [1.82, 2.24) is 19.4 Å². The van der Waals surface area contributed by atoms with Crippen molar-refractivity contribution < 1.29 is 9.53 Å². The zero-order chi connectivity index (χ0) is 17.3. The van der Waals surface area contributed by atoms with E-state index in [4.69, 9.17) is 4.74 Å². The lowest BCUT2D eigenvalue weighted by Crippen LogP contribution is -2.18. The summed E-state index contributed by atoms with van der Waals surface area (Å²) in [6, 6.07) is 5.93. The van der Waals surface area contributed by atoms with Gasteiger partial charge in [-0.2, -0.15) is 9.97 Å². The predicted molar refractivity (Wildman–Crippen MR) is 90.6 cm³/mol. The third-order valence-corrected chi connectivity index (χ3v) is 3.68. The fourth-order valence-electron chi connectivity index (χ4n) is 2.62. The van der Waals surface area contributed by atoms with Crippen LogP contribution >= 0.6 is 0 Å². The lowest BCUT2D eigenvalue weighted by Gasteiger charge is -2.12. The maximum Gasteiger partial charge on any atom is 0.316 e. The molecule has 3 aromatic heterocycles. The molecule has 0 unspecified atom stereocenters. The number of nitrogens with zero attached hydrogens (tertiary/aromatic N) is 4. The molecule has 7 nitrogen and oxygen atoms in total. The highest BCUT2D eigenvalue weighted by molar-refractivity contribution is 6.05. The van der Waals surface area contributed by atoms with Gasteiger partial charge in [-0.05, 0) is 39.8 Å². The summed E-state index contributed by atoms with van der Waals surface area (Å²) in [5, 5.41) is 2.90. The van der Waals surface area contributed by atoms with Crippen LogP contribution in [0.1, 0.15) is 34.5 Å². The quantitative estimate of drug-likeness (QED) is 0.797. The molecule has 0 aromatic carbocycles. The van der Waals surface area contributed by atoms with Gasteiger partial charge in [-0.25, -0.2) is 4.98 Å². The summed E-state index contributed by atoms with van der Waals surface area (Å²) < 4.78 is 7.10. The number of rotatable bonds is 4. The highest BCUT2D eigenvalue weighted by Crippen LogP contribution is 2.21. The van der Waals surface area contributed by atoms with Crippen LogP contribution in [0.25, 0.3) is 5.65 Å². The molecule has 0 radical (unpaired) electrons. The van der Waals surface area contributed by atoms with Gasteiger partial charge < -0.3 is 10.1 Å². The van der Waals surface area contributed by atoms with Gasteiger partial charge >= 0.3 is 6.01 Å². The minimum atomic E-state index is -0.245. The Morgan fingerprint density at radius 2 is 1.83 bits per heavy atom. The van der Waals surface area contributed by atoms with E-state index in [2.05, 4.69) is 20.3 Å². The normalized spacial score (nSPS) is 10.8. The zero-order valence-electron chi connectivity index (χ0n) is 14.1. The molecular formula is C17H19N5O2. The van der Waals surface area contributed by atoms with Gasteiger partial charge in [0.2, 0.25) is 0 Å². The maximum atomic E-state index is 12.8. The molecule has 3 heterocycles. The molecule has 0 spiro atoms. The second kappa shape index (κ2) is 6.27. The molecular weight excluding hydrogens is 306 g/mol. The van der Waals surface area contributed by atoms with Crippen LogP contribution in [0.5, 0.6) is 6.01 Å². The van der Waals surface area contributed by atoms with E-state index in [9.17, 15) is 4.79 Å². The third kappa shape index (κ3) is 2.80. The SMILES string of the molecule is CCOc1nc(C)c(NC(=O)c2c(C)nc3ccccn23)c(C)n1. The first-order valence-corrected chi connectivity index (χ1v) is 7.74. The number of carbonyl (C=O) groups is 1. The summed E-state index contributed by atoms with van der Waals surface area (Å²) >= 11 is 0. The predicted octanol–water partition coefficient (Wildman–Crippen LogP) is 2.70. The lowest BCUT2D eigenvalue weighted by atomic mass is 10.2. The summed E-state index contributed by atoms with van der Waals surface area (Å²) in [7, 11) is 0. The molecule has 24 heavy (non-hydrogen) atoms. The van der Waals surface area contributed by atoms with Crippen LogP contribution in [0, 0.1) is 20.8 Å². The van der Waals surface area contributed by atoms with Gasteiger partial charge in [0.15, 0.2) is 0 Å². The number of hydrogen-bond acceptors (Lipinski definition) is 5. The van der Waals surface area contributed by atoms with Gasteiger partial charge in [0.05, 0.1) is 29.4 Å². The molecule has 0 aliphatic rings. The number of anilines is 1. The Labute approximate surface area is 139 Å². The van der Waals surface area contributed by atoms with Crippen molar-refractivity contribution in [3.05, 3.63) is 47.2 Å². The van der Waals surface area contributed by atoms with E-state index in [1.54, 1.807) is 4.40 Å². The number of aryl methyl sites for hydroxylation is 3. The molecule has 3 rings (SSSR count). The smallest absolute Gasteiger partial charge is 0.316 e. The van der Waals surface area contributed by atoms with Crippen molar-refractivity contribution in [1.29, 1.82) is 0 Å². The average Bonchev–Trinajstić information content (AvgIpc) is 2.87. The Kier molecular flexibility index (Phi) is 4.16. The summed E-state index contributed by atoms with van der Waals surface area (Å²) in [5.41, 5.74) is 3.81. The molecule has 0 aliphatic heterocycles. The van der Waals surface area contributed by atoms with Gasteiger partial charge in [0.1, 0.15) is 11.3 Å². The van der Waals surface area contributed by atoms with Crippen LogP contribution < -0.4 is 10.1 Å². The number of nitrogens with one attached hydrogen (secondary N) is 1. The van der Waals surface area contributed by atoms with E-state index in [1.165, 1.54) is 0 Å². The molecule has 0 aliphatic carbocycles. The van der Waals surface area contributed by atoms with E-state index >= 15 is 0 Å². The zero-order valence-corrected chi connectivity index (χ0v) is 14.1. The summed E-state index contributed by atoms with van der Waals surface area (Å²) in [4.78, 5) is 25.7. The molecule has 124 valence electrons. The number of fused-ring (bicyclic) bond motifs is 1. The lowest BCUT2D eigenvalue weighted by molar-refractivity contribution is 0.102. The Hall–Kier alpha value is -2.96. The number of carbonyl (C=O) groups excluding carboxylic acids is 1. The molecule has 3 aromatic rings. The minimum absolute atomic E-state index is 0.245. The van der Waals surface area contributed by atoms with Gasteiger partial charge in [0, 0.05) is 6.20 Å². The second-order valence-electron chi connectivity index (χ2n) is 5.41. The van der Waals surface area contributed by atoms with E-state index in [1.807, 2.05) is 52.1 Å². The summed E-state index contributed by atoms with van der Waals surface area (Å²) in [5.74, 6) is -0.245. The van der Waals surface area contributed by atoms with Crippen LogP contribution in [-0.2, 0) is 0 Å². The molecule has 0 saturated heterocycles. The fraction of sp³-hybridized carbons (Fsp3) is 0.294. The van der Waals surface area contributed by atoms with Gasteiger partial charge in [-0.15, -0.1) is 0 Å². The highest BCUT2D eigenvalue weighted by atomic mass is 16.5. The van der Waals surface area contributed by atoms with Crippen LogP contribution in [0.2, 0.25) is 0 Å². The van der Waals surface area contributed by atoms with E-state index in [0.717, 1.165) is 5.65 Å². The Balaban J connectivity index is 1.96. The first-order chi connectivity index (χ1) is 11.5. The maximum absolute atomic E-state index is 12.8. The Bertz CT molecular complexity index is 893. The van der Waals surface area contributed by atoms with Gasteiger partial charge in [-0.3, -0.25) is 9.20 Å². The van der Waals surface area contributed by atoms with Crippen LogP contribution in [0.15, 0.2) is 24.4 Å². The van der Waals surface area contributed by atoms with Crippen LogP contribution in [0.3, 0.4) is 0 Å². The van der Waals surface area contributed by atoms with Crippen molar-refractivity contribution in [2.24, 2.45) is 0 Å². The molecule has 0 bridgehead atoms. The number of amides is 1. The molecule has 0 fully saturated rings. The summed E-state index contributed by atoms with van der Waals surface area (Å²) in [6.45, 7) is 7.81. The third-order valence-electron chi connectivity index (χ3n) is 3.68. The molecule has 0 saturated carbocycles. The largest absolute Gasteiger partial charge is 0.464 e. The fourth-order valence-corrected chi connectivity index (χ4v) is 2.62. The molecule has 1 N–H and O–H groups in total. The first-order valence-electron chi connectivity index (χ1n) is 7.74. The molecule has 7 heteroatoms. The Morgan fingerprint density at radius 1 is 1.12 bits per heavy atom. The number of aromatic nitrogens is 4. The second-order valence-corrected chi connectivity index (χ2v) is 5.41.